The number of esters is 1. The summed E-state index contributed by atoms with van der Waals surface area (Å²) in [7, 11) is 0. The highest BCUT2D eigenvalue weighted by Gasteiger charge is 2.30. The number of ether oxygens (including phenoxy) is 1. The number of allylic oxidation sites excluding steroid dienone is 2. The number of carbonyl (C=O) groups is 2. The second-order valence-electron chi connectivity index (χ2n) is 5.43. The number of nitrogens with zero attached hydrogens (tertiary/aromatic N) is 2. The number of hydrogen-bond acceptors (Lipinski definition) is 5. The van der Waals surface area contributed by atoms with Crippen molar-refractivity contribution in [3.8, 4) is 0 Å². The van der Waals surface area contributed by atoms with Gasteiger partial charge in [0.25, 0.3) is 0 Å². The first-order valence-electron chi connectivity index (χ1n) is 7.75. The Kier molecular flexibility index (Phi) is 5.84. The number of hydrogen-bond donors (Lipinski definition) is 0. The Morgan fingerprint density at radius 3 is 2.87 bits per heavy atom. The lowest BCUT2D eigenvalue weighted by atomic mass is 10.1. The van der Waals surface area contributed by atoms with E-state index in [9.17, 15) is 14.0 Å². The molecule has 1 aliphatic heterocycles. The topological polar surface area (TPSA) is 59.0 Å². The van der Waals surface area contributed by atoms with Crippen LogP contribution in [0.4, 0.5) is 4.39 Å². The minimum Gasteiger partial charge on any atom is -0.462 e. The van der Waals surface area contributed by atoms with Crippen molar-refractivity contribution >= 4 is 18.0 Å². The van der Waals surface area contributed by atoms with Crippen molar-refractivity contribution in [2.75, 3.05) is 19.7 Å². The number of ketones is 1. The number of halogens is 1. The summed E-state index contributed by atoms with van der Waals surface area (Å²) >= 11 is 0. The monoisotopic (exact) mass is 320 g/mol. The summed E-state index contributed by atoms with van der Waals surface area (Å²) < 4.78 is 19.1. The van der Waals surface area contributed by atoms with Crippen molar-refractivity contribution in [1.29, 1.82) is 0 Å². The molecule has 1 heterocycles. The molecule has 0 bridgehead atoms. The molecule has 5 nitrogen and oxygen atoms in total. The Labute approximate surface area is 135 Å². The molecule has 124 valence electrons. The molecule has 0 spiro atoms. The zero-order chi connectivity index (χ0) is 16.8. The zero-order valence-electron chi connectivity index (χ0n) is 13.4. The van der Waals surface area contributed by atoms with Gasteiger partial charge in [0.2, 0.25) is 0 Å². The predicted octanol–water partition coefficient (Wildman–Crippen LogP) is 2.35. The highest BCUT2D eigenvalue weighted by atomic mass is 19.1. The summed E-state index contributed by atoms with van der Waals surface area (Å²) in [5.74, 6) is -1.59. The van der Waals surface area contributed by atoms with E-state index in [0.29, 0.717) is 5.57 Å². The molecule has 0 atom stereocenters. The molecule has 1 saturated carbocycles. The van der Waals surface area contributed by atoms with E-state index in [2.05, 4.69) is 4.99 Å². The maximum atomic E-state index is 14.2. The Morgan fingerprint density at radius 2 is 2.26 bits per heavy atom. The number of rotatable bonds is 4. The minimum atomic E-state index is -0.657. The summed E-state index contributed by atoms with van der Waals surface area (Å²) in [4.78, 5) is 29.9. The van der Waals surface area contributed by atoms with Gasteiger partial charge in [0.05, 0.1) is 12.8 Å². The van der Waals surface area contributed by atoms with E-state index in [1.165, 1.54) is 6.20 Å². The van der Waals surface area contributed by atoms with Crippen LogP contribution in [0.25, 0.3) is 0 Å². The molecule has 1 aliphatic carbocycles. The molecule has 2 rings (SSSR count). The number of carbonyl (C=O) groups excluding carboxylic acids is 2. The van der Waals surface area contributed by atoms with Crippen LogP contribution in [0.15, 0.2) is 40.3 Å². The van der Waals surface area contributed by atoms with Gasteiger partial charge in [-0.05, 0) is 26.7 Å². The molecule has 0 N–H and O–H groups in total. The van der Waals surface area contributed by atoms with Crippen LogP contribution in [0.2, 0.25) is 0 Å². The van der Waals surface area contributed by atoms with Gasteiger partial charge in [-0.25, -0.2) is 9.18 Å². The van der Waals surface area contributed by atoms with Gasteiger partial charge in [0.15, 0.2) is 5.78 Å². The Morgan fingerprint density at radius 1 is 1.52 bits per heavy atom. The molecule has 0 radical (unpaired) electrons. The van der Waals surface area contributed by atoms with Crippen LogP contribution < -0.4 is 0 Å². The molecule has 2 aliphatic rings. The lowest BCUT2D eigenvalue weighted by Gasteiger charge is -2.22. The van der Waals surface area contributed by atoms with E-state index < -0.39 is 17.6 Å². The molecular weight excluding hydrogens is 299 g/mol. The highest BCUT2D eigenvalue weighted by molar-refractivity contribution is 6.18. The largest absolute Gasteiger partial charge is 0.462 e. The molecule has 6 heteroatoms. The third-order valence-corrected chi connectivity index (χ3v) is 3.57. The van der Waals surface area contributed by atoms with Crippen molar-refractivity contribution in [2.45, 2.75) is 32.7 Å². The number of Topliss-reactive ketones (excluding diaryl/α,β-unsaturated/α-hetero) is 1. The average molecular weight is 320 g/mol. The van der Waals surface area contributed by atoms with Gasteiger partial charge < -0.3 is 9.64 Å². The molecule has 0 aromatic heterocycles. The Balaban J connectivity index is 2.40. The predicted molar refractivity (Wildman–Crippen MR) is 85.8 cm³/mol. The van der Waals surface area contributed by atoms with E-state index in [1.54, 1.807) is 26.0 Å². The smallest absolute Gasteiger partial charge is 0.343 e. The van der Waals surface area contributed by atoms with Gasteiger partial charge in [-0.3, -0.25) is 9.79 Å². The van der Waals surface area contributed by atoms with Gasteiger partial charge in [-0.1, -0.05) is 12.2 Å². The second kappa shape index (κ2) is 7.85. The maximum absolute atomic E-state index is 14.2. The van der Waals surface area contributed by atoms with E-state index in [-0.39, 0.29) is 31.3 Å². The molecule has 0 saturated heterocycles. The molecule has 0 unspecified atom stereocenters. The van der Waals surface area contributed by atoms with Gasteiger partial charge in [-0.15, -0.1) is 0 Å². The van der Waals surface area contributed by atoms with Crippen molar-refractivity contribution in [1.82, 2.24) is 4.90 Å². The standard InChI is InChI=1S/C17H21FN2O3/c1-3-5-12-10-20(13-6-7-13)11-14(17(22)23-4-2)16(21)9-19-8-15(12)18/h3,5,8,11,13H,4,6-7,9-10H2,1-2H3/b5-3-,14-11+,15-12+,19-8?. The summed E-state index contributed by atoms with van der Waals surface area (Å²) in [5, 5.41) is 0. The maximum Gasteiger partial charge on any atom is 0.343 e. The van der Waals surface area contributed by atoms with E-state index in [4.69, 9.17) is 4.74 Å². The fraction of sp³-hybridized carbons (Fsp3) is 0.471. The molecule has 0 aromatic rings. The van der Waals surface area contributed by atoms with Crippen molar-refractivity contribution in [3.63, 3.8) is 0 Å². The first-order valence-corrected chi connectivity index (χ1v) is 7.75. The normalized spacial score (nSPS) is 25.4. The van der Waals surface area contributed by atoms with Crippen LogP contribution in [-0.2, 0) is 14.3 Å². The highest BCUT2D eigenvalue weighted by Crippen LogP contribution is 2.29. The zero-order valence-corrected chi connectivity index (χ0v) is 13.4. The van der Waals surface area contributed by atoms with Crippen LogP contribution >= 0.6 is 0 Å². The summed E-state index contributed by atoms with van der Waals surface area (Å²) in [6.45, 7) is 3.68. The van der Waals surface area contributed by atoms with Gasteiger partial charge in [0, 0.05) is 24.4 Å². The van der Waals surface area contributed by atoms with Gasteiger partial charge in [-0.2, -0.15) is 0 Å². The van der Waals surface area contributed by atoms with Crippen LogP contribution in [0.1, 0.15) is 26.7 Å². The van der Waals surface area contributed by atoms with Crippen LogP contribution in [0.5, 0.6) is 0 Å². The quantitative estimate of drug-likeness (QED) is 0.589. The molecule has 0 aromatic carbocycles. The molecule has 0 amide bonds. The summed E-state index contributed by atoms with van der Waals surface area (Å²) in [6.07, 6.45) is 7.90. The molecular formula is C17H21FN2O3. The van der Waals surface area contributed by atoms with E-state index >= 15 is 0 Å². The molecule has 1 fully saturated rings. The summed E-state index contributed by atoms with van der Waals surface area (Å²) in [6, 6.07) is 0.219. The van der Waals surface area contributed by atoms with Crippen LogP contribution in [-0.4, -0.2) is 48.6 Å². The SMILES string of the molecule is C/C=C\C1=C(/F)C=NCC(=O)/C(C(=O)OCC)=C\N(C2CC2)C1. The van der Waals surface area contributed by atoms with E-state index in [1.807, 2.05) is 4.90 Å². The first-order chi connectivity index (χ1) is 11.1. The van der Waals surface area contributed by atoms with Crippen molar-refractivity contribution in [3.05, 3.63) is 35.3 Å². The summed E-state index contributed by atoms with van der Waals surface area (Å²) in [5.41, 5.74) is 0.440. The third kappa shape index (κ3) is 4.61. The van der Waals surface area contributed by atoms with Crippen LogP contribution in [0, 0.1) is 0 Å². The third-order valence-electron chi connectivity index (χ3n) is 3.57. The first kappa shape index (κ1) is 17.1. The number of aliphatic imine (C=N–C) groups is 1. The lowest BCUT2D eigenvalue weighted by molar-refractivity contribution is -0.140. The van der Waals surface area contributed by atoms with E-state index in [0.717, 1.165) is 19.1 Å². The lowest BCUT2D eigenvalue weighted by Crippen LogP contribution is -2.28. The Bertz CT molecular complexity index is 601. The van der Waals surface area contributed by atoms with Gasteiger partial charge in [0.1, 0.15) is 17.9 Å². The average Bonchev–Trinajstić information content (AvgIpc) is 3.34. The van der Waals surface area contributed by atoms with Gasteiger partial charge >= 0.3 is 5.97 Å². The molecule has 23 heavy (non-hydrogen) atoms. The fourth-order valence-corrected chi connectivity index (χ4v) is 2.28. The van der Waals surface area contributed by atoms with Crippen LogP contribution in [0.3, 0.4) is 0 Å². The fourth-order valence-electron chi connectivity index (χ4n) is 2.28. The minimum absolute atomic E-state index is 0.0296. The second-order valence-corrected chi connectivity index (χ2v) is 5.43. The van der Waals surface area contributed by atoms with Crippen molar-refractivity contribution < 1.29 is 18.7 Å². The Hall–Kier alpha value is -2.24. The van der Waals surface area contributed by atoms with Crippen molar-refractivity contribution in [2.24, 2.45) is 4.99 Å².